The molecule has 1 heterocycles. The first-order chi connectivity index (χ1) is 12.8. The van der Waals surface area contributed by atoms with E-state index in [-0.39, 0.29) is 23.2 Å². The van der Waals surface area contributed by atoms with Crippen molar-refractivity contribution in [1.82, 2.24) is 0 Å². The highest BCUT2D eigenvalue weighted by molar-refractivity contribution is 5.66. The van der Waals surface area contributed by atoms with Crippen LogP contribution in [0.1, 0.15) is 74.7 Å². The first-order valence-corrected chi connectivity index (χ1v) is 10.8. The monoisotopic (exact) mass is 399 g/mol. The topological polar surface area (TPSA) is 102 Å². The highest BCUT2D eigenvalue weighted by Gasteiger charge is 2.69. The maximum atomic E-state index is 11.6. The number of fused-ring (bicyclic) bond motifs is 1. The molecule has 0 radical (unpaired) electrons. The lowest BCUT2D eigenvalue weighted by atomic mass is 9.59. The quantitative estimate of drug-likeness (QED) is 0.594. The summed E-state index contributed by atoms with van der Waals surface area (Å²) in [5.41, 5.74) is 4.70. The smallest absolute Gasteiger partial charge is 0.303 e. The van der Waals surface area contributed by atoms with Crippen LogP contribution in [0.25, 0.3) is 0 Å². The maximum absolute atomic E-state index is 11.6. The van der Waals surface area contributed by atoms with Crippen molar-refractivity contribution in [3.05, 3.63) is 0 Å². The molecule has 2 fully saturated rings. The lowest BCUT2D eigenvalue weighted by molar-refractivity contribution is -0.216. The van der Waals surface area contributed by atoms with Crippen molar-refractivity contribution in [1.29, 1.82) is 0 Å². The molecule has 9 atom stereocenters. The largest absolute Gasteiger partial charge is 0.457 e. The van der Waals surface area contributed by atoms with E-state index in [1.54, 1.807) is 13.8 Å². The Hall–Kier alpha value is -0.690. The van der Waals surface area contributed by atoms with Crippen LogP contribution < -0.4 is 5.73 Å². The second kappa shape index (κ2) is 7.86. The van der Waals surface area contributed by atoms with E-state index in [1.807, 2.05) is 0 Å². The average Bonchev–Trinajstić information content (AvgIpc) is 2.78. The standard InChI is InChI=1S/C22H41NO5/c1-9-13(4)22(23)18(25)17-16(21(22,8)10-2)12(3)11-15(28-17)19(20(6,7)26)27-14(5)24/h12-13,15-19,25-26H,9-11,23H2,1-8H3. The Kier molecular flexibility index (Phi) is 6.62. The Morgan fingerprint density at radius 1 is 1.39 bits per heavy atom. The normalized spacial score (nSPS) is 43.3. The Bertz CT molecular complexity index is 576. The molecular weight excluding hydrogens is 358 g/mol. The van der Waals surface area contributed by atoms with Crippen LogP contribution >= 0.6 is 0 Å². The van der Waals surface area contributed by atoms with Crippen LogP contribution in [0.3, 0.4) is 0 Å². The predicted molar refractivity (Wildman–Crippen MR) is 109 cm³/mol. The number of carbonyl (C=O) groups is 1. The molecule has 2 aliphatic rings. The van der Waals surface area contributed by atoms with Crippen molar-refractivity contribution in [3.63, 3.8) is 0 Å². The van der Waals surface area contributed by atoms with Crippen molar-refractivity contribution in [2.75, 3.05) is 0 Å². The van der Waals surface area contributed by atoms with Crippen LogP contribution in [0.15, 0.2) is 0 Å². The van der Waals surface area contributed by atoms with Gasteiger partial charge in [-0.3, -0.25) is 4.79 Å². The Morgan fingerprint density at radius 3 is 2.39 bits per heavy atom. The zero-order valence-electron chi connectivity index (χ0n) is 18.9. The minimum absolute atomic E-state index is 0.0996. The molecule has 0 bridgehead atoms. The molecule has 4 N–H and O–H groups in total. The van der Waals surface area contributed by atoms with Gasteiger partial charge in [-0.05, 0) is 49.9 Å². The van der Waals surface area contributed by atoms with Gasteiger partial charge in [-0.1, -0.05) is 41.0 Å². The van der Waals surface area contributed by atoms with Crippen molar-refractivity contribution < 1.29 is 24.5 Å². The average molecular weight is 400 g/mol. The molecule has 28 heavy (non-hydrogen) atoms. The summed E-state index contributed by atoms with van der Waals surface area (Å²) >= 11 is 0. The van der Waals surface area contributed by atoms with Gasteiger partial charge in [-0.25, -0.2) is 0 Å². The Balaban J connectivity index is 2.44. The number of hydrogen-bond donors (Lipinski definition) is 3. The minimum Gasteiger partial charge on any atom is -0.457 e. The summed E-state index contributed by atoms with van der Waals surface area (Å²) in [7, 11) is 0. The van der Waals surface area contributed by atoms with Gasteiger partial charge in [0.25, 0.3) is 0 Å². The summed E-state index contributed by atoms with van der Waals surface area (Å²) in [5, 5.41) is 22.0. The highest BCUT2D eigenvalue weighted by atomic mass is 16.6. The first kappa shape index (κ1) is 23.6. The van der Waals surface area contributed by atoms with E-state index in [2.05, 4.69) is 34.6 Å². The highest BCUT2D eigenvalue weighted by Crippen LogP contribution is 2.60. The Morgan fingerprint density at radius 2 is 1.96 bits per heavy atom. The fourth-order valence-corrected chi connectivity index (χ4v) is 6.12. The van der Waals surface area contributed by atoms with Crippen molar-refractivity contribution in [2.24, 2.45) is 28.9 Å². The summed E-state index contributed by atoms with van der Waals surface area (Å²) in [5.74, 6) is -0.0183. The molecule has 164 valence electrons. The third-order valence-corrected chi connectivity index (χ3v) is 7.92. The van der Waals surface area contributed by atoms with Gasteiger partial charge in [0.2, 0.25) is 0 Å². The summed E-state index contributed by atoms with van der Waals surface area (Å²) in [4.78, 5) is 11.6. The van der Waals surface area contributed by atoms with E-state index in [9.17, 15) is 15.0 Å². The number of aliphatic hydroxyl groups is 2. The predicted octanol–water partition coefficient (Wildman–Crippen LogP) is 2.63. The van der Waals surface area contributed by atoms with Crippen LogP contribution in [0, 0.1) is 23.2 Å². The van der Waals surface area contributed by atoms with Gasteiger partial charge in [0.05, 0.1) is 29.5 Å². The minimum atomic E-state index is -1.25. The van der Waals surface area contributed by atoms with Gasteiger partial charge in [-0.15, -0.1) is 0 Å². The lowest BCUT2D eigenvalue weighted by Crippen LogP contribution is -2.62. The van der Waals surface area contributed by atoms with Gasteiger partial charge in [0, 0.05) is 6.92 Å². The molecule has 6 heteroatoms. The van der Waals surface area contributed by atoms with E-state index < -0.39 is 41.5 Å². The number of ether oxygens (including phenoxy) is 2. The van der Waals surface area contributed by atoms with Crippen LogP contribution in [-0.2, 0) is 14.3 Å². The van der Waals surface area contributed by atoms with Crippen molar-refractivity contribution in [3.8, 4) is 0 Å². The summed E-state index contributed by atoms with van der Waals surface area (Å²) in [6.45, 7) is 15.3. The van der Waals surface area contributed by atoms with E-state index in [4.69, 9.17) is 15.2 Å². The van der Waals surface area contributed by atoms with Gasteiger partial charge >= 0.3 is 5.97 Å². The number of nitrogens with two attached hydrogens (primary N) is 1. The van der Waals surface area contributed by atoms with Crippen LogP contribution in [0.4, 0.5) is 0 Å². The third kappa shape index (κ3) is 3.51. The summed E-state index contributed by atoms with van der Waals surface area (Å²) in [6.07, 6.45) is -0.189. The lowest BCUT2D eigenvalue weighted by Gasteiger charge is -2.50. The van der Waals surface area contributed by atoms with Gasteiger partial charge in [-0.2, -0.15) is 0 Å². The fourth-order valence-electron chi connectivity index (χ4n) is 6.12. The van der Waals surface area contributed by atoms with E-state index in [0.717, 1.165) is 12.8 Å². The molecule has 0 amide bonds. The Labute approximate surface area is 170 Å². The summed E-state index contributed by atoms with van der Waals surface area (Å²) in [6, 6.07) is 0. The molecule has 0 spiro atoms. The SMILES string of the molecule is CCC(C)C1(N)C(O)C2OC(C(OC(C)=O)C(C)(C)O)CC(C)C2C1(C)CC. The van der Waals surface area contributed by atoms with Crippen LogP contribution in [-0.4, -0.2) is 51.7 Å². The molecular formula is C22H41NO5. The fraction of sp³-hybridized carbons (Fsp3) is 0.955. The van der Waals surface area contributed by atoms with Gasteiger partial charge < -0.3 is 25.4 Å². The molecule has 9 unspecified atom stereocenters. The second-order valence-corrected chi connectivity index (χ2v) is 10.0. The van der Waals surface area contributed by atoms with Crippen LogP contribution in [0.5, 0.6) is 0 Å². The number of carbonyl (C=O) groups excluding carboxylic acids is 1. The molecule has 0 aromatic heterocycles. The number of rotatable bonds is 6. The molecule has 1 saturated carbocycles. The number of esters is 1. The third-order valence-electron chi connectivity index (χ3n) is 7.92. The zero-order chi connectivity index (χ0) is 21.7. The van der Waals surface area contributed by atoms with E-state index in [1.165, 1.54) is 6.92 Å². The van der Waals surface area contributed by atoms with Crippen LogP contribution in [0.2, 0.25) is 0 Å². The van der Waals surface area contributed by atoms with E-state index in [0.29, 0.717) is 6.42 Å². The van der Waals surface area contributed by atoms with Crippen molar-refractivity contribution >= 4 is 5.97 Å². The first-order valence-electron chi connectivity index (χ1n) is 10.8. The molecule has 1 aliphatic heterocycles. The molecule has 0 aromatic carbocycles. The zero-order valence-corrected chi connectivity index (χ0v) is 18.9. The molecule has 0 aromatic rings. The summed E-state index contributed by atoms with van der Waals surface area (Å²) < 4.78 is 11.9. The van der Waals surface area contributed by atoms with Gasteiger partial charge in [0.1, 0.15) is 0 Å². The molecule has 6 nitrogen and oxygen atoms in total. The second-order valence-electron chi connectivity index (χ2n) is 10.0. The van der Waals surface area contributed by atoms with Crippen molar-refractivity contribution in [2.45, 2.75) is 110 Å². The molecule has 1 saturated heterocycles. The number of aliphatic hydroxyl groups excluding tert-OH is 1. The number of hydrogen-bond acceptors (Lipinski definition) is 6. The molecule has 1 aliphatic carbocycles. The van der Waals surface area contributed by atoms with Gasteiger partial charge in [0.15, 0.2) is 6.10 Å². The van der Waals surface area contributed by atoms with E-state index >= 15 is 0 Å². The molecule has 2 rings (SSSR count). The maximum Gasteiger partial charge on any atom is 0.303 e.